The minimum atomic E-state index is -0.186. The summed E-state index contributed by atoms with van der Waals surface area (Å²) in [5.74, 6) is 0.0596. The largest absolute Gasteiger partial charge is 0.298 e. The lowest BCUT2D eigenvalue weighted by Gasteiger charge is -2.16. The molecule has 0 unspecified atom stereocenters. The number of carbonyl (C=O) groups is 1. The number of hydrogen-bond acceptors (Lipinski definition) is 2. The van der Waals surface area contributed by atoms with Crippen LogP contribution in [-0.4, -0.2) is 5.78 Å². The van der Waals surface area contributed by atoms with Crippen LogP contribution in [0.5, 0.6) is 0 Å². The number of ketones is 1. The molecule has 1 heterocycles. The highest BCUT2D eigenvalue weighted by Crippen LogP contribution is 2.27. The molecule has 1 nitrogen and oxygen atoms in total. The molecule has 0 radical (unpaired) electrons. The van der Waals surface area contributed by atoms with Crippen molar-refractivity contribution < 1.29 is 4.79 Å². The zero-order valence-electron chi connectivity index (χ0n) is 11.6. The minimum Gasteiger partial charge on any atom is -0.298 e. The van der Waals surface area contributed by atoms with Crippen LogP contribution in [0.2, 0.25) is 0 Å². The maximum absolute atomic E-state index is 12.8. The summed E-state index contributed by atoms with van der Waals surface area (Å²) in [5.41, 5.74) is 2.12. The van der Waals surface area contributed by atoms with E-state index in [-0.39, 0.29) is 11.7 Å². The average Bonchev–Trinajstić information content (AvgIpc) is 3.02. The summed E-state index contributed by atoms with van der Waals surface area (Å²) >= 11 is 1.64. The number of carbonyl (C=O) groups excluding carboxylic acids is 1. The number of Topliss-reactive ketones (excluding diaryl/α,β-unsaturated/α-hetero) is 1. The Labute approximate surface area is 128 Å². The highest BCUT2D eigenvalue weighted by Gasteiger charge is 2.22. The van der Waals surface area contributed by atoms with Crippen LogP contribution in [0.25, 0.3) is 0 Å². The molecular formula is C19H16OS. The molecule has 0 aliphatic rings. The predicted molar refractivity (Wildman–Crippen MR) is 87.8 cm³/mol. The Morgan fingerprint density at radius 1 is 0.810 bits per heavy atom. The van der Waals surface area contributed by atoms with Gasteiger partial charge in [-0.3, -0.25) is 4.79 Å². The highest BCUT2D eigenvalue weighted by atomic mass is 32.1. The first kappa shape index (κ1) is 13.8. The normalized spacial score (nSPS) is 10.7. The van der Waals surface area contributed by atoms with Gasteiger partial charge in [0.15, 0.2) is 0 Å². The van der Waals surface area contributed by atoms with E-state index in [1.54, 1.807) is 11.3 Å². The van der Waals surface area contributed by atoms with Crippen molar-refractivity contribution >= 4 is 17.1 Å². The number of thiophene rings is 1. The molecule has 1 aromatic heterocycles. The fraction of sp³-hybridized carbons (Fsp3) is 0.105. The molecule has 104 valence electrons. The Morgan fingerprint density at radius 2 is 1.38 bits per heavy atom. The van der Waals surface area contributed by atoms with Crippen molar-refractivity contribution in [3.63, 3.8) is 0 Å². The first-order valence-corrected chi connectivity index (χ1v) is 7.87. The molecule has 0 bridgehead atoms. The highest BCUT2D eigenvalue weighted by molar-refractivity contribution is 7.10. The predicted octanol–water partition coefficient (Wildman–Crippen LogP) is 4.69. The molecule has 3 rings (SSSR count). The van der Waals surface area contributed by atoms with Crippen molar-refractivity contribution in [3.8, 4) is 0 Å². The van der Waals surface area contributed by atoms with E-state index in [1.165, 1.54) is 0 Å². The summed E-state index contributed by atoms with van der Waals surface area (Å²) < 4.78 is 0. The van der Waals surface area contributed by atoms with Crippen LogP contribution in [0.1, 0.15) is 21.9 Å². The average molecular weight is 292 g/mol. The summed E-state index contributed by atoms with van der Waals surface area (Å²) in [5, 5.41) is 2.02. The van der Waals surface area contributed by atoms with Gasteiger partial charge in [0.1, 0.15) is 5.78 Å². The second kappa shape index (κ2) is 6.51. The van der Waals surface area contributed by atoms with Crippen molar-refractivity contribution in [1.82, 2.24) is 0 Å². The summed E-state index contributed by atoms with van der Waals surface area (Å²) in [6.45, 7) is 0. The van der Waals surface area contributed by atoms with Gasteiger partial charge < -0.3 is 0 Å². The van der Waals surface area contributed by atoms with Crippen molar-refractivity contribution in [1.29, 1.82) is 0 Å². The Hall–Kier alpha value is -2.19. The van der Waals surface area contributed by atoms with E-state index in [1.807, 2.05) is 78.2 Å². The van der Waals surface area contributed by atoms with Crippen LogP contribution < -0.4 is 0 Å². The molecule has 3 aromatic rings. The van der Waals surface area contributed by atoms with E-state index in [9.17, 15) is 4.79 Å². The summed E-state index contributed by atoms with van der Waals surface area (Å²) in [6.07, 6.45) is 0.492. The molecule has 2 heteroatoms. The Balaban J connectivity index is 1.95. The summed E-state index contributed by atoms with van der Waals surface area (Å²) in [6, 6.07) is 24.1. The topological polar surface area (TPSA) is 17.1 Å². The molecule has 2 aromatic carbocycles. The van der Waals surface area contributed by atoms with Gasteiger partial charge in [-0.15, -0.1) is 11.3 Å². The van der Waals surface area contributed by atoms with Gasteiger partial charge in [0.05, 0.1) is 5.92 Å². The molecule has 0 atom stereocenters. The van der Waals surface area contributed by atoms with Gasteiger partial charge in [0.25, 0.3) is 0 Å². The van der Waals surface area contributed by atoms with Crippen molar-refractivity contribution in [2.24, 2.45) is 0 Å². The first-order valence-electron chi connectivity index (χ1n) is 6.99. The monoisotopic (exact) mass is 292 g/mol. The minimum absolute atomic E-state index is 0.186. The zero-order chi connectivity index (χ0) is 14.5. The lowest BCUT2D eigenvalue weighted by atomic mass is 9.86. The van der Waals surface area contributed by atoms with Crippen molar-refractivity contribution in [2.75, 3.05) is 0 Å². The molecule has 0 N–H and O–H groups in total. The number of hydrogen-bond donors (Lipinski definition) is 0. The van der Waals surface area contributed by atoms with Crippen LogP contribution in [0.15, 0.2) is 78.2 Å². The maximum Gasteiger partial charge on any atom is 0.149 e. The second-order valence-corrected chi connectivity index (χ2v) is 6.01. The third kappa shape index (κ3) is 3.29. The quantitative estimate of drug-likeness (QED) is 0.666. The molecule has 0 saturated carbocycles. The number of rotatable bonds is 5. The fourth-order valence-electron chi connectivity index (χ4n) is 2.54. The molecule has 0 amide bonds. The van der Waals surface area contributed by atoms with E-state index in [0.29, 0.717) is 6.42 Å². The molecule has 21 heavy (non-hydrogen) atoms. The lowest BCUT2D eigenvalue weighted by molar-refractivity contribution is -0.119. The smallest absolute Gasteiger partial charge is 0.149 e. The van der Waals surface area contributed by atoms with Crippen LogP contribution in [0.4, 0.5) is 0 Å². The third-order valence-corrected chi connectivity index (χ3v) is 4.39. The van der Waals surface area contributed by atoms with Gasteiger partial charge in [-0.25, -0.2) is 0 Å². The van der Waals surface area contributed by atoms with Crippen LogP contribution in [-0.2, 0) is 11.2 Å². The van der Waals surface area contributed by atoms with E-state index in [0.717, 1.165) is 16.0 Å². The molecule has 0 spiro atoms. The van der Waals surface area contributed by atoms with Gasteiger partial charge in [-0.05, 0) is 22.6 Å². The standard InChI is InChI=1S/C19H16OS/c20-18(14-17-12-7-13-21-17)19(15-8-3-1-4-9-15)16-10-5-2-6-11-16/h1-13,19H,14H2. The molecule has 0 saturated heterocycles. The maximum atomic E-state index is 12.8. The van der Waals surface area contributed by atoms with Crippen LogP contribution in [0.3, 0.4) is 0 Å². The van der Waals surface area contributed by atoms with Crippen molar-refractivity contribution in [2.45, 2.75) is 12.3 Å². The fourth-order valence-corrected chi connectivity index (χ4v) is 3.26. The molecule has 0 fully saturated rings. The number of benzene rings is 2. The first-order chi connectivity index (χ1) is 10.3. The molecule has 0 aliphatic heterocycles. The van der Waals surface area contributed by atoms with Gasteiger partial charge in [-0.2, -0.15) is 0 Å². The summed E-state index contributed by atoms with van der Waals surface area (Å²) in [7, 11) is 0. The molecule has 0 aliphatic carbocycles. The van der Waals surface area contributed by atoms with Crippen molar-refractivity contribution in [3.05, 3.63) is 94.2 Å². The van der Waals surface area contributed by atoms with Gasteiger partial charge in [0, 0.05) is 11.3 Å². The van der Waals surface area contributed by atoms with E-state index >= 15 is 0 Å². The van der Waals surface area contributed by atoms with E-state index in [4.69, 9.17) is 0 Å². The Morgan fingerprint density at radius 3 is 1.86 bits per heavy atom. The second-order valence-electron chi connectivity index (χ2n) is 4.98. The van der Waals surface area contributed by atoms with E-state index < -0.39 is 0 Å². The van der Waals surface area contributed by atoms with Gasteiger partial charge >= 0.3 is 0 Å². The lowest BCUT2D eigenvalue weighted by Crippen LogP contribution is -2.16. The zero-order valence-corrected chi connectivity index (χ0v) is 12.4. The SMILES string of the molecule is O=C(Cc1cccs1)C(c1ccccc1)c1ccccc1. The van der Waals surface area contributed by atoms with E-state index in [2.05, 4.69) is 0 Å². The van der Waals surface area contributed by atoms with Crippen LogP contribution in [0, 0.1) is 0 Å². The Kier molecular flexibility index (Phi) is 4.27. The summed E-state index contributed by atoms with van der Waals surface area (Å²) in [4.78, 5) is 13.9. The molecular weight excluding hydrogens is 276 g/mol. The Bertz CT molecular complexity index is 647. The third-order valence-electron chi connectivity index (χ3n) is 3.52. The van der Waals surface area contributed by atoms with Gasteiger partial charge in [-0.1, -0.05) is 66.7 Å². The van der Waals surface area contributed by atoms with Gasteiger partial charge in [0.2, 0.25) is 0 Å². The van der Waals surface area contributed by atoms with Crippen LogP contribution >= 0.6 is 11.3 Å².